The van der Waals surface area contributed by atoms with Gasteiger partial charge in [-0.3, -0.25) is 10.1 Å². The van der Waals surface area contributed by atoms with Crippen LogP contribution < -0.4 is 5.32 Å². The number of carbonyl (C=O) groups excluding carboxylic acids is 1. The summed E-state index contributed by atoms with van der Waals surface area (Å²) >= 11 is 1.02. The Morgan fingerprint density at radius 1 is 1.13 bits per heavy atom. The van der Waals surface area contributed by atoms with E-state index in [2.05, 4.69) is 15.4 Å². The second-order valence-electron chi connectivity index (χ2n) is 6.65. The SMILES string of the molecule is Cc1ccc(-n2ncc(C(=O)Nc3nc(-c4cccc(F)c4)cs3)c2C(F)(F)F)cc1. The molecule has 0 atom stereocenters. The normalized spacial score (nSPS) is 11.5. The molecule has 2 aromatic carbocycles. The summed E-state index contributed by atoms with van der Waals surface area (Å²) in [4.78, 5) is 16.8. The maximum absolute atomic E-state index is 13.8. The predicted molar refractivity (Wildman–Crippen MR) is 109 cm³/mol. The van der Waals surface area contributed by atoms with Crippen LogP contribution >= 0.6 is 11.3 Å². The van der Waals surface area contributed by atoms with Crippen LogP contribution in [0.1, 0.15) is 21.6 Å². The van der Waals surface area contributed by atoms with Crippen molar-refractivity contribution in [1.29, 1.82) is 0 Å². The number of thiazole rings is 1. The number of alkyl halides is 3. The quantitative estimate of drug-likeness (QED) is 0.408. The standard InChI is InChI=1S/C21H14F4N4OS/c1-12-5-7-15(8-6-12)29-18(21(23,24)25)16(10-26-29)19(30)28-20-27-17(11-31-20)13-3-2-4-14(22)9-13/h2-11H,1H3,(H,27,28,30). The first-order chi connectivity index (χ1) is 14.7. The molecule has 4 aromatic rings. The van der Waals surface area contributed by atoms with Crippen molar-refractivity contribution < 1.29 is 22.4 Å². The molecule has 4 rings (SSSR count). The lowest BCUT2D eigenvalue weighted by molar-refractivity contribution is -0.143. The van der Waals surface area contributed by atoms with Gasteiger partial charge in [0.2, 0.25) is 0 Å². The lowest BCUT2D eigenvalue weighted by Crippen LogP contribution is -2.20. The summed E-state index contributed by atoms with van der Waals surface area (Å²) < 4.78 is 55.4. The third-order valence-corrected chi connectivity index (χ3v) is 5.16. The van der Waals surface area contributed by atoms with Crippen LogP contribution in [0.15, 0.2) is 60.1 Å². The lowest BCUT2D eigenvalue weighted by Gasteiger charge is -2.12. The smallest absolute Gasteiger partial charge is 0.298 e. The zero-order valence-electron chi connectivity index (χ0n) is 15.9. The monoisotopic (exact) mass is 446 g/mol. The van der Waals surface area contributed by atoms with Gasteiger partial charge in [-0.2, -0.15) is 18.3 Å². The largest absolute Gasteiger partial charge is 0.434 e. The maximum Gasteiger partial charge on any atom is 0.434 e. The molecule has 1 amide bonds. The van der Waals surface area contributed by atoms with E-state index in [0.29, 0.717) is 15.9 Å². The molecule has 0 aliphatic heterocycles. The van der Waals surface area contributed by atoms with E-state index in [-0.39, 0.29) is 10.8 Å². The minimum Gasteiger partial charge on any atom is -0.298 e. The zero-order chi connectivity index (χ0) is 22.2. The molecule has 31 heavy (non-hydrogen) atoms. The molecule has 0 saturated heterocycles. The first-order valence-electron chi connectivity index (χ1n) is 8.97. The molecule has 0 spiro atoms. The highest BCUT2D eigenvalue weighted by Gasteiger charge is 2.40. The number of rotatable bonds is 4. The summed E-state index contributed by atoms with van der Waals surface area (Å²) in [7, 11) is 0. The lowest BCUT2D eigenvalue weighted by atomic mass is 10.2. The van der Waals surface area contributed by atoms with Gasteiger partial charge in [-0.1, -0.05) is 29.8 Å². The van der Waals surface area contributed by atoms with E-state index in [1.165, 1.54) is 30.3 Å². The van der Waals surface area contributed by atoms with Crippen LogP contribution in [0.25, 0.3) is 16.9 Å². The third-order valence-electron chi connectivity index (χ3n) is 4.41. The highest BCUT2D eigenvalue weighted by Crippen LogP contribution is 2.34. The minimum absolute atomic E-state index is 0.0838. The van der Waals surface area contributed by atoms with E-state index in [0.717, 1.165) is 23.1 Å². The van der Waals surface area contributed by atoms with Crippen LogP contribution in [0.3, 0.4) is 0 Å². The molecule has 0 unspecified atom stereocenters. The Kier molecular flexibility index (Phi) is 5.32. The molecular formula is C21H14F4N4OS. The zero-order valence-corrected chi connectivity index (χ0v) is 16.8. The molecule has 2 heterocycles. The number of carbonyl (C=O) groups is 1. The van der Waals surface area contributed by atoms with Crippen LogP contribution in [0, 0.1) is 12.7 Å². The number of hydrogen-bond acceptors (Lipinski definition) is 4. The van der Waals surface area contributed by atoms with Gasteiger partial charge in [0.1, 0.15) is 5.82 Å². The molecule has 158 valence electrons. The van der Waals surface area contributed by atoms with E-state index < -0.39 is 29.2 Å². The molecule has 1 N–H and O–H groups in total. The van der Waals surface area contributed by atoms with Crippen molar-refractivity contribution >= 4 is 22.4 Å². The molecule has 0 aliphatic rings. The summed E-state index contributed by atoms with van der Waals surface area (Å²) in [6.07, 6.45) is -3.94. The molecular weight excluding hydrogens is 432 g/mol. The second-order valence-corrected chi connectivity index (χ2v) is 7.51. The summed E-state index contributed by atoms with van der Waals surface area (Å²) in [6.45, 7) is 1.81. The highest BCUT2D eigenvalue weighted by atomic mass is 32.1. The average molecular weight is 446 g/mol. The van der Waals surface area contributed by atoms with Gasteiger partial charge in [-0.05, 0) is 31.2 Å². The minimum atomic E-state index is -4.82. The van der Waals surface area contributed by atoms with Gasteiger partial charge in [0.25, 0.3) is 5.91 Å². The van der Waals surface area contributed by atoms with Crippen molar-refractivity contribution in [3.8, 4) is 16.9 Å². The number of halogens is 4. The topological polar surface area (TPSA) is 59.8 Å². The molecule has 0 bridgehead atoms. The fourth-order valence-electron chi connectivity index (χ4n) is 2.95. The summed E-state index contributed by atoms with van der Waals surface area (Å²) in [5.74, 6) is -1.44. The van der Waals surface area contributed by atoms with Gasteiger partial charge >= 0.3 is 6.18 Å². The number of nitrogens with one attached hydrogen (secondary N) is 1. The number of aryl methyl sites for hydroxylation is 1. The molecule has 2 aromatic heterocycles. The second kappa shape index (κ2) is 7.95. The molecule has 5 nitrogen and oxygen atoms in total. The number of amides is 1. The fourth-order valence-corrected chi connectivity index (χ4v) is 3.66. The van der Waals surface area contributed by atoms with Gasteiger partial charge in [0.15, 0.2) is 10.8 Å². The van der Waals surface area contributed by atoms with E-state index in [1.54, 1.807) is 23.6 Å². The van der Waals surface area contributed by atoms with E-state index in [4.69, 9.17) is 0 Å². The Morgan fingerprint density at radius 2 is 1.87 bits per heavy atom. The summed E-state index contributed by atoms with van der Waals surface area (Å²) in [6, 6.07) is 12.0. The number of aromatic nitrogens is 3. The number of benzene rings is 2. The predicted octanol–water partition coefficient (Wildman–Crippen LogP) is 5.71. The van der Waals surface area contributed by atoms with Gasteiger partial charge in [-0.15, -0.1) is 11.3 Å². The molecule has 0 fully saturated rings. The Balaban J connectivity index is 1.64. The molecule has 0 aliphatic carbocycles. The van der Waals surface area contributed by atoms with Gasteiger partial charge in [-0.25, -0.2) is 14.1 Å². The van der Waals surface area contributed by atoms with Crippen molar-refractivity contribution in [2.24, 2.45) is 0 Å². The first-order valence-corrected chi connectivity index (χ1v) is 9.85. The van der Waals surface area contributed by atoms with Crippen LogP contribution in [-0.2, 0) is 6.18 Å². The molecule has 10 heteroatoms. The van der Waals surface area contributed by atoms with E-state index >= 15 is 0 Å². The van der Waals surface area contributed by atoms with Crippen molar-refractivity contribution in [3.63, 3.8) is 0 Å². The van der Waals surface area contributed by atoms with Crippen molar-refractivity contribution in [2.45, 2.75) is 13.1 Å². The van der Waals surface area contributed by atoms with Crippen LogP contribution in [0.2, 0.25) is 0 Å². The molecule has 0 radical (unpaired) electrons. The summed E-state index contributed by atoms with van der Waals surface area (Å²) in [5.41, 5.74) is 0.123. The van der Waals surface area contributed by atoms with Crippen molar-refractivity contribution in [3.05, 3.63) is 82.7 Å². The first kappa shape index (κ1) is 20.7. The summed E-state index contributed by atoms with van der Waals surface area (Å²) in [5, 5.41) is 7.81. The Labute approximate surface area is 178 Å². The maximum atomic E-state index is 13.8. The van der Waals surface area contributed by atoms with Gasteiger partial charge in [0, 0.05) is 10.9 Å². The number of anilines is 1. The van der Waals surface area contributed by atoms with Gasteiger partial charge < -0.3 is 0 Å². The number of hydrogen-bond donors (Lipinski definition) is 1. The van der Waals surface area contributed by atoms with Gasteiger partial charge in [0.05, 0.1) is 23.1 Å². The molecule has 0 saturated carbocycles. The Bertz CT molecular complexity index is 1250. The highest BCUT2D eigenvalue weighted by molar-refractivity contribution is 7.14. The fraction of sp³-hybridized carbons (Fsp3) is 0.0952. The van der Waals surface area contributed by atoms with Crippen molar-refractivity contribution in [2.75, 3.05) is 5.32 Å². The number of nitrogens with zero attached hydrogens (tertiary/aromatic N) is 3. The van der Waals surface area contributed by atoms with E-state index in [9.17, 15) is 22.4 Å². The van der Waals surface area contributed by atoms with Crippen LogP contribution in [-0.4, -0.2) is 20.7 Å². The Hall–Kier alpha value is -3.53. The average Bonchev–Trinajstić information content (AvgIpc) is 3.36. The van der Waals surface area contributed by atoms with Crippen LogP contribution in [0.5, 0.6) is 0 Å². The van der Waals surface area contributed by atoms with E-state index in [1.807, 2.05) is 6.92 Å². The third kappa shape index (κ3) is 4.33. The Morgan fingerprint density at radius 3 is 2.55 bits per heavy atom. The van der Waals surface area contributed by atoms with Crippen molar-refractivity contribution in [1.82, 2.24) is 14.8 Å². The van der Waals surface area contributed by atoms with Crippen LogP contribution in [0.4, 0.5) is 22.7 Å².